The molecule has 24 heavy (non-hydrogen) atoms. The van der Waals surface area contributed by atoms with E-state index in [2.05, 4.69) is 5.32 Å². The minimum absolute atomic E-state index is 0. The van der Waals surface area contributed by atoms with Gasteiger partial charge in [0.1, 0.15) is 11.8 Å². The average molecular weight is 349 g/mol. The van der Waals surface area contributed by atoms with Crippen LogP contribution in [0.25, 0.3) is 0 Å². The second kappa shape index (κ2) is 9.30. The molecule has 0 spiro atoms. The van der Waals surface area contributed by atoms with Crippen LogP contribution in [0.4, 0.5) is 0 Å². The number of halogens is 1. The molecule has 130 valence electrons. The van der Waals surface area contributed by atoms with Crippen molar-refractivity contribution in [3.63, 3.8) is 0 Å². The highest BCUT2D eigenvalue weighted by Gasteiger charge is 2.15. The molecule has 3 N–H and O–H groups in total. The fraction of sp³-hybridized carbons (Fsp3) is 0.316. The van der Waals surface area contributed by atoms with E-state index in [1.165, 1.54) is 0 Å². The molecule has 5 heteroatoms. The first-order valence-electron chi connectivity index (χ1n) is 7.81. The molecule has 0 aliphatic carbocycles. The van der Waals surface area contributed by atoms with Crippen LogP contribution < -0.4 is 15.8 Å². The molecule has 0 aliphatic rings. The van der Waals surface area contributed by atoms with Crippen LogP contribution in [-0.4, -0.2) is 12.0 Å². The van der Waals surface area contributed by atoms with Crippen LogP contribution in [0.2, 0.25) is 0 Å². The minimum Gasteiger partial charge on any atom is -0.491 e. The first kappa shape index (κ1) is 20.0. The molecule has 0 bridgehead atoms. The Kier molecular flexibility index (Phi) is 7.75. The number of hydrogen-bond acceptors (Lipinski definition) is 3. The lowest BCUT2D eigenvalue weighted by Crippen LogP contribution is -2.33. The zero-order valence-electron chi connectivity index (χ0n) is 14.3. The summed E-state index contributed by atoms with van der Waals surface area (Å²) in [7, 11) is 0. The summed E-state index contributed by atoms with van der Waals surface area (Å²) in [6.45, 7) is 6.42. The van der Waals surface area contributed by atoms with E-state index in [9.17, 15) is 4.79 Å². The van der Waals surface area contributed by atoms with E-state index >= 15 is 0 Å². The lowest BCUT2D eigenvalue weighted by atomic mass is 10.1. The van der Waals surface area contributed by atoms with Crippen LogP contribution in [0.1, 0.15) is 36.6 Å². The van der Waals surface area contributed by atoms with Gasteiger partial charge in [0.05, 0.1) is 6.10 Å². The van der Waals surface area contributed by atoms with Crippen molar-refractivity contribution in [2.45, 2.75) is 39.5 Å². The summed E-state index contributed by atoms with van der Waals surface area (Å²) in [6, 6.07) is 14.7. The molecule has 2 aromatic carbocycles. The van der Waals surface area contributed by atoms with E-state index in [4.69, 9.17) is 10.5 Å². The van der Waals surface area contributed by atoms with Crippen molar-refractivity contribution < 1.29 is 9.53 Å². The van der Waals surface area contributed by atoms with Gasteiger partial charge >= 0.3 is 0 Å². The van der Waals surface area contributed by atoms with Crippen LogP contribution in [0.15, 0.2) is 48.5 Å². The summed E-state index contributed by atoms with van der Waals surface area (Å²) in [6.07, 6.45) is 0.146. The fourth-order valence-corrected chi connectivity index (χ4v) is 2.18. The Bertz CT molecular complexity index is 639. The number of carbonyl (C=O) groups is 1. The van der Waals surface area contributed by atoms with Crippen LogP contribution in [-0.2, 0) is 11.3 Å². The Morgan fingerprint density at radius 2 is 1.67 bits per heavy atom. The van der Waals surface area contributed by atoms with E-state index in [0.29, 0.717) is 6.54 Å². The van der Waals surface area contributed by atoms with Gasteiger partial charge in [0.15, 0.2) is 0 Å². The van der Waals surface area contributed by atoms with Gasteiger partial charge in [-0.05, 0) is 44.0 Å². The van der Waals surface area contributed by atoms with Gasteiger partial charge in [-0.1, -0.05) is 42.0 Å². The number of rotatable bonds is 6. The quantitative estimate of drug-likeness (QED) is 0.839. The topological polar surface area (TPSA) is 64.4 Å². The summed E-state index contributed by atoms with van der Waals surface area (Å²) in [5.74, 6) is 0.641. The summed E-state index contributed by atoms with van der Waals surface area (Å²) >= 11 is 0. The van der Waals surface area contributed by atoms with Crippen molar-refractivity contribution in [2.75, 3.05) is 0 Å². The molecule has 0 fully saturated rings. The Labute approximate surface area is 149 Å². The molecule has 2 aromatic rings. The maximum atomic E-state index is 12.2. The highest BCUT2D eigenvalue weighted by molar-refractivity contribution is 5.85. The fourth-order valence-electron chi connectivity index (χ4n) is 2.18. The van der Waals surface area contributed by atoms with Gasteiger partial charge in [-0.2, -0.15) is 0 Å². The van der Waals surface area contributed by atoms with Gasteiger partial charge in [-0.25, -0.2) is 0 Å². The number of ether oxygens (including phenoxy) is 1. The molecule has 0 heterocycles. The molecular formula is C19H25ClN2O2. The van der Waals surface area contributed by atoms with Crippen molar-refractivity contribution >= 4 is 18.3 Å². The molecule has 4 nitrogen and oxygen atoms in total. The lowest BCUT2D eigenvalue weighted by molar-refractivity contribution is -0.122. The third-order valence-electron chi connectivity index (χ3n) is 3.48. The lowest BCUT2D eigenvalue weighted by Gasteiger charge is -2.13. The zero-order valence-corrected chi connectivity index (χ0v) is 15.1. The van der Waals surface area contributed by atoms with Crippen molar-refractivity contribution in [1.82, 2.24) is 5.32 Å². The minimum atomic E-state index is -0.654. The molecule has 1 unspecified atom stereocenters. The van der Waals surface area contributed by atoms with E-state index in [1.54, 1.807) is 0 Å². The van der Waals surface area contributed by atoms with E-state index in [-0.39, 0.29) is 24.4 Å². The number of nitrogens with one attached hydrogen (secondary N) is 1. The Balaban J connectivity index is 0.00000288. The van der Waals surface area contributed by atoms with Crippen LogP contribution in [0.5, 0.6) is 5.75 Å². The number of hydrogen-bond donors (Lipinski definition) is 2. The van der Waals surface area contributed by atoms with Crippen LogP contribution >= 0.6 is 12.4 Å². The number of amides is 1. The summed E-state index contributed by atoms with van der Waals surface area (Å²) in [4.78, 5) is 12.2. The predicted molar refractivity (Wildman–Crippen MR) is 99.4 cm³/mol. The predicted octanol–water partition coefficient (Wildman–Crippen LogP) is 3.52. The molecule has 0 saturated heterocycles. The molecule has 0 aliphatic heterocycles. The third-order valence-corrected chi connectivity index (χ3v) is 3.48. The Hall–Kier alpha value is -2.04. The summed E-state index contributed by atoms with van der Waals surface area (Å²) in [5, 5.41) is 2.87. The highest BCUT2D eigenvalue weighted by atomic mass is 35.5. The second-order valence-corrected chi connectivity index (χ2v) is 5.92. The number of aryl methyl sites for hydroxylation is 1. The maximum absolute atomic E-state index is 12.2. The summed E-state index contributed by atoms with van der Waals surface area (Å²) < 4.78 is 5.59. The molecule has 2 rings (SSSR count). The normalized spacial score (nSPS) is 11.5. The highest BCUT2D eigenvalue weighted by Crippen LogP contribution is 2.15. The molecular weight excluding hydrogens is 324 g/mol. The van der Waals surface area contributed by atoms with Crippen molar-refractivity contribution in [1.29, 1.82) is 0 Å². The van der Waals surface area contributed by atoms with Gasteiger partial charge in [-0.15, -0.1) is 12.4 Å². The SMILES string of the molecule is Cc1ccc(C(N)C(=O)NCc2ccc(OC(C)C)cc2)cc1.Cl. The first-order chi connectivity index (χ1) is 11.0. The van der Waals surface area contributed by atoms with Crippen LogP contribution in [0.3, 0.4) is 0 Å². The monoisotopic (exact) mass is 348 g/mol. The maximum Gasteiger partial charge on any atom is 0.241 e. The Morgan fingerprint density at radius 1 is 1.08 bits per heavy atom. The average Bonchev–Trinajstić information content (AvgIpc) is 2.53. The van der Waals surface area contributed by atoms with Gasteiger partial charge in [0.25, 0.3) is 0 Å². The molecule has 0 radical (unpaired) electrons. The second-order valence-electron chi connectivity index (χ2n) is 5.92. The first-order valence-corrected chi connectivity index (χ1v) is 7.81. The molecule has 1 amide bonds. The van der Waals surface area contributed by atoms with E-state index < -0.39 is 6.04 Å². The Morgan fingerprint density at radius 3 is 2.21 bits per heavy atom. The zero-order chi connectivity index (χ0) is 16.8. The molecule has 1 atom stereocenters. The third kappa shape index (κ3) is 5.87. The number of benzene rings is 2. The summed E-state index contributed by atoms with van der Waals surface area (Å²) in [5.41, 5.74) is 8.96. The van der Waals surface area contributed by atoms with E-state index in [0.717, 1.165) is 22.4 Å². The van der Waals surface area contributed by atoms with Gasteiger partial charge < -0.3 is 15.8 Å². The standard InChI is InChI=1S/C19H24N2O2.ClH/c1-13(2)23-17-10-6-15(7-11-17)12-21-19(22)18(20)16-8-4-14(3)5-9-16;/h4-11,13,18H,12,20H2,1-3H3,(H,21,22);1H. The van der Waals surface area contributed by atoms with Gasteiger partial charge in [-0.3, -0.25) is 4.79 Å². The van der Waals surface area contributed by atoms with Crippen molar-refractivity contribution in [2.24, 2.45) is 5.73 Å². The number of nitrogens with two attached hydrogens (primary N) is 1. The van der Waals surface area contributed by atoms with E-state index in [1.807, 2.05) is 69.3 Å². The van der Waals surface area contributed by atoms with Crippen molar-refractivity contribution in [3.05, 3.63) is 65.2 Å². The largest absolute Gasteiger partial charge is 0.491 e. The number of carbonyl (C=O) groups excluding carboxylic acids is 1. The van der Waals surface area contributed by atoms with Crippen LogP contribution in [0, 0.1) is 6.92 Å². The van der Waals surface area contributed by atoms with Gasteiger partial charge in [0.2, 0.25) is 5.91 Å². The smallest absolute Gasteiger partial charge is 0.241 e. The van der Waals surface area contributed by atoms with Crippen molar-refractivity contribution in [3.8, 4) is 5.75 Å². The molecule has 0 saturated carbocycles. The molecule has 0 aromatic heterocycles. The van der Waals surface area contributed by atoms with Gasteiger partial charge in [0, 0.05) is 6.54 Å².